The molecule has 29 heavy (non-hydrogen) atoms. The van der Waals surface area contributed by atoms with Gasteiger partial charge in [0.05, 0.1) is 10.7 Å². The SMILES string of the molecule is CCC(CCNC(=NC)N1CCN(c2ccccc2Cl)CC1)N1CCCC1=O.I. The van der Waals surface area contributed by atoms with Gasteiger partial charge in [0.25, 0.3) is 0 Å². The largest absolute Gasteiger partial charge is 0.367 e. The normalized spacial score (nSPS) is 18.7. The van der Waals surface area contributed by atoms with Crippen molar-refractivity contribution in [1.82, 2.24) is 15.1 Å². The smallest absolute Gasteiger partial charge is 0.222 e. The van der Waals surface area contributed by atoms with Gasteiger partial charge in [0.2, 0.25) is 5.91 Å². The summed E-state index contributed by atoms with van der Waals surface area (Å²) in [6, 6.07) is 8.35. The average molecular weight is 534 g/mol. The van der Waals surface area contributed by atoms with Crippen LogP contribution in [-0.2, 0) is 4.79 Å². The molecule has 1 unspecified atom stereocenters. The lowest BCUT2D eigenvalue weighted by molar-refractivity contribution is -0.129. The Labute approximate surface area is 196 Å². The number of likely N-dealkylation sites (tertiary alicyclic amines) is 1. The number of nitrogens with zero attached hydrogens (tertiary/aromatic N) is 4. The Morgan fingerprint density at radius 3 is 2.52 bits per heavy atom. The molecule has 6 nitrogen and oxygen atoms in total. The van der Waals surface area contributed by atoms with E-state index >= 15 is 0 Å². The van der Waals surface area contributed by atoms with Gasteiger partial charge in [-0.25, -0.2) is 0 Å². The lowest BCUT2D eigenvalue weighted by Crippen LogP contribution is -2.53. The molecule has 0 radical (unpaired) electrons. The molecule has 2 fully saturated rings. The Hall–Kier alpha value is -1.22. The first-order valence-corrected chi connectivity index (χ1v) is 10.8. The number of halogens is 2. The summed E-state index contributed by atoms with van der Waals surface area (Å²) in [6.45, 7) is 7.57. The monoisotopic (exact) mass is 533 g/mol. The summed E-state index contributed by atoms with van der Waals surface area (Å²) in [7, 11) is 1.84. The van der Waals surface area contributed by atoms with Gasteiger partial charge in [0.1, 0.15) is 0 Å². The third kappa shape index (κ3) is 6.13. The van der Waals surface area contributed by atoms with Crippen LogP contribution in [0.1, 0.15) is 32.6 Å². The fourth-order valence-corrected chi connectivity index (χ4v) is 4.44. The Morgan fingerprint density at radius 1 is 1.21 bits per heavy atom. The lowest BCUT2D eigenvalue weighted by atomic mass is 10.1. The Kier molecular flexibility index (Phi) is 9.82. The standard InChI is InChI=1S/C21H32ClN5O.HI/c1-3-17(27-12-6-9-20(27)28)10-11-24-21(23-2)26-15-13-25(14-16-26)19-8-5-4-7-18(19)22;/h4-5,7-8,17H,3,6,9-16H2,1-2H3,(H,23,24);1H. The van der Waals surface area contributed by atoms with Crippen LogP contribution in [0, 0.1) is 0 Å². The number of para-hydroxylation sites is 1. The number of nitrogens with one attached hydrogen (secondary N) is 1. The lowest BCUT2D eigenvalue weighted by Gasteiger charge is -2.38. The van der Waals surface area contributed by atoms with Gasteiger partial charge in [0, 0.05) is 58.8 Å². The topological polar surface area (TPSA) is 51.2 Å². The van der Waals surface area contributed by atoms with E-state index in [4.69, 9.17) is 11.6 Å². The number of carbonyl (C=O) groups excluding carboxylic acids is 1. The molecule has 2 saturated heterocycles. The van der Waals surface area contributed by atoms with Crippen molar-refractivity contribution < 1.29 is 4.79 Å². The van der Waals surface area contributed by atoms with Crippen LogP contribution in [0.4, 0.5) is 5.69 Å². The number of aliphatic imine (C=N–C) groups is 1. The van der Waals surface area contributed by atoms with Crippen LogP contribution in [0.25, 0.3) is 0 Å². The van der Waals surface area contributed by atoms with Crippen molar-refractivity contribution in [3.8, 4) is 0 Å². The highest BCUT2D eigenvalue weighted by molar-refractivity contribution is 14.0. The summed E-state index contributed by atoms with van der Waals surface area (Å²) in [5.41, 5.74) is 1.10. The molecule has 0 aromatic heterocycles. The van der Waals surface area contributed by atoms with Crippen molar-refractivity contribution in [1.29, 1.82) is 0 Å². The maximum atomic E-state index is 12.0. The maximum absolute atomic E-state index is 12.0. The Morgan fingerprint density at radius 2 is 1.93 bits per heavy atom. The third-order valence-corrected chi connectivity index (χ3v) is 6.09. The van der Waals surface area contributed by atoms with Crippen molar-refractivity contribution in [2.45, 2.75) is 38.6 Å². The van der Waals surface area contributed by atoms with Gasteiger partial charge < -0.3 is 20.0 Å². The van der Waals surface area contributed by atoms with Crippen molar-refractivity contribution in [2.24, 2.45) is 4.99 Å². The van der Waals surface area contributed by atoms with E-state index in [0.29, 0.717) is 18.4 Å². The van der Waals surface area contributed by atoms with Crippen LogP contribution in [-0.4, -0.2) is 74.0 Å². The van der Waals surface area contributed by atoms with Gasteiger partial charge in [0.15, 0.2) is 5.96 Å². The predicted octanol–water partition coefficient (Wildman–Crippen LogP) is 3.45. The second kappa shape index (κ2) is 11.8. The summed E-state index contributed by atoms with van der Waals surface area (Å²) in [4.78, 5) is 23.2. The zero-order valence-corrected chi connectivity index (χ0v) is 20.5. The van der Waals surface area contributed by atoms with E-state index in [-0.39, 0.29) is 24.0 Å². The van der Waals surface area contributed by atoms with Gasteiger partial charge in [-0.15, -0.1) is 24.0 Å². The van der Waals surface area contributed by atoms with Crippen LogP contribution in [0.2, 0.25) is 5.02 Å². The predicted molar refractivity (Wildman–Crippen MR) is 132 cm³/mol. The molecular weight excluding hydrogens is 501 g/mol. The van der Waals surface area contributed by atoms with E-state index in [1.54, 1.807) is 0 Å². The fraction of sp³-hybridized carbons (Fsp3) is 0.619. The Bertz CT molecular complexity index is 693. The molecule has 0 spiro atoms. The Balaban J connectivity index is 0.00000300. The highest BCUT2D eigenvalue weighted by Crippen LogP contribution is 2.26. The number of hydrogen-bond donors (Lipinski definition) is 1. The highest BCUT2D eigenvalue weighted by atomic mass is 127. The average Bonchev–Trinajstić information content (AvgIpc) is 3.15. The first-order valence-electron chi connectivity index (χ1n) is 10.4. The van der Waals surface area contributed by atoms with Crippen molar-refractivity contribution in [3.63, 3.8) is 0 Å². The molecular formula is C21H33ClIN5O. The first-order chi connectivity index (χ1) is 13.6. The molecule has 2 aliphatic heterocycles. The molecule has 2 aliphatic rings. The molecule has 0 bridgehead atoms. The number of guanidine groups is 1. The number of anilines is 1. The zero-order chi connectivity index (χ0) is 19.9. The van der Waals surface area contributed by atoms with E-state index in [1.165, 1.54) is 0 Å². The summed E-state index contributed by atoms with van der Waals surface area (Å²) < 4.78 is 0. The van der Waals surface area contributed by atoms with Crippen LogP contribution < -0.4 is 10.2 Å². The number of hydrogen-bond acceptors (Lipinski definition) is 3. The van der Waals surface area contributed by atoms with Crippen LogP contribution in [0.3, 0.4) is 0 Å². The number of piperazine rings is 1. The molecule has 8 heteroatoms. The number of rotatable bonds is 6. The second-order valence-electron chi connectivity index (χ2n) is 7.44. The van der Waals surface area contributed by atoms with Crippen molar-refractivity contribution >= 4 is 53.1 Å². The summed E-state index contributed by atoms with van der Waals surface area (Å²) in [6.07, 6.45) is 3.67. The van der Waals surface area contributed by atoms with Crippen LogP contribution in [0.5, 0.6) is 0 Å². The van der Waals surface area contributed by atoms with Crippen molar-refractivity contribution in [2.75, 3.05) is 51.2 Å². The van der Waals surface area contributed by atoms with Gasteiger partial charge in [-0.3, -0.25) is 9.79 Å². The summed E-state index contributed by atoms with van der Waals surface area (Å²) in [5, 5.41) is 4.31. The molecule has 3 rings (SSSR count). The highest BCUT2D eigenvalue weighted by Gasteiger charge is 2.27. The molecule has 1 aromatic rings. The minimum absolute atomic E-state index is 0. The fourth-order valence-electron chi connectivity index (χ4n) is 4.19. The van der Waals surface area contributed by atoms with Gasteiger partial charge >= 0.3 is 0 Å². The quantitative estimate of drug-likeness (QED) is 0.346. The molecule has 1 aromatic carbocycles. The third-order valence-electron chi connectivity index (χ3n) is 5.77. The summed E-state index contributed by atoms with van der Waals surface area (Å²) in [5.74, 6) is 1.26. The molecule has 2 heterocycles. The van der Waals surface area contributed by atoms with E-state index in [0.717, 1.165) is 75.2 Å². The molecule has 0 aliphatic carbocycles. The van der Waals surface area contributed by atoms with E-state index in [9.17, 15) is 4.79 Å². The molecule has 162 valence electrons. The van der Waals surface area contributed by atoms with Gasteiger partial charge in [-0.05, 0) is 31.4 Å². The van der Waals surface area contributed by atoms with Crippen molar-refractivity contribution in [3.05, 3.63) is 29.3 Å². The minimum Gasteiger partial charge on any atom is -0.367 e. The molecule has 1 amide bonds. The van der Waals surface area contributed by atoms with Gasteiger partial charge in [-0.1, -0.05) is 30.7 Å². The minimum atomic E-state index is 0. The number of carbonyl (C=O) groups is 1. The van der Waals surface area contributed by atoms with Crippen LogP contribution >= 0.6 is 35.6 Å². The molecule has 1 N–H and O–H groups in total. The first kappa shape index (κ1) is 24.1. The second-order valence-corrected chi connectivity index (χ2v) is 7.85. The number of benzene rings is 1. The van der Waals surface area contributed by atoms with Crippen LogP contribution in [0.15, 0.2) is 29.3 Å². The number of amides is 1. The molecule has 1 atom stereocenters. The summed E-state index contributed by atoms with van der Waals surface area (Å²) >= 11 is 6.34. The van der Waals surface area contributed by atoms with E-state index in [2.05, 4.69) is 38.0 Å². The zero-order valence-electron chi connectivity index (χ0n) is 17.4. The molecule has 0 saturated carbocycles. The van der Waals surface area contributed by atoms with E-state index in [1.807, 2.05) is 25.2 Å². The maximum Gasteiger partial charge on any atom is 0.222 e. The van der Waals surface area contributed by atoms with E-state index < -0.39 is 0 Å². The van der Waals surface area contributed by atoms with Gasteiger partial charge in [-0.2, -0.15) is 0 Å².